The van der Waals surface area contributed by atoms with Crippen LogP contribution in [0.4, 0.5) is 26.0 Å². The Labute approximate surface area is 199 Å². The zero-order chi connectivity index (χ0) is 24.2. The molecule has 0 aliphatic heterocycles. The van der Waals surface area contributed by atoms with Crippen molar-refractivity contribution in [2.45, 2.75) is 6.61 Å². The van der Waals surface area contributed by atoms with Gasteiger partial charge in [0.15, 0.2) is 0 Å². The zero-order valence-electron chi connectivity index (χ0n) is 17.7. The first-order valence-electron chi connectivity index (χ1n) is 10.1. The van der Waals surface area contributed by atoms with Gasteiger partial charge in [0, 0.05) is 16.8 Å². The SMILES string of the molecule is Nc1ccc(-c2ccc(F)c(C(=O)Nc3ccc(OCc4ccc(F)cc4Cl)cc3)c2)nc1N. The van der Waals surface area contributed by atoms with Crippen molar-refractivity contribution in [3.05, 3.63) is 101 Å². The molecule has 0 saturated heterocycles. The van der Waals surface area contributed by atoms with Gasteiger partial charge in [-0.1, -0.05) is 17.7 Å². The third-order valence-electron chi connectivity index (χ3n) is 4.99. The Hall–Kier alpha value is -4.17. The smallest absolute Gasteiger partial charge is 0.258 e. The molecule has 9 heteroatoms. The predicted molar refractivity (Wildman–Crippen MR) is 129 cm³/mol. The molecule has 4 aromatic rings. The molecule has 5 N–H and O–H groups in total. The lowest BCUT2D eigenvalue weighted by atomic mass is 10.1. The lowest BCUT2D eigenvalue weighted by Gasteiger charge is -2.11. The van der Waals surface area contributed by atoms with Gasteiger partial charge in [-0.05, 0) is 66.7 Å². The van der Waals surface area contributed by atoms with E-state index in [1.54, 1.807) is 42.5 Å². The van der Waals surface area contributed by atoms with Crippen LogP contribution in [-0.4, -0.2) is 10.9 Å². The lowest BCUT2D eigenvalue weighted by molar-refractivity contribution is 0.102. The maximum atomic E-state index is 14.4. The second-order valence-electron chi connectivity index (χ2n) is 7.37. The van der Waals surface area contributed by atoms with E-state index >= 15 is 0 Å². The second-order valence-corrected chi connectivity index (χ2v) is 7.78. The number of carbonyl (C=O) groups is 1. The first-order chi connectivity index (χ1) is 16.3. The Bertz CT molecular complexity index is 1360. The van der Waals surface area contributed by atoms with Crippen molar-refractivity contribution < 1.29 is 18.3 Å². The fourth-order valence-electron chi connectivity index (χ4n) is 3.14. The number of nitrogens with zero attached hydrogens (tertiary/aromatic N) is 1. The van der Waals surface area contributed by atoms with Crippen molar-refractivity contribution in [3.63, 3.8) is 0 Å². The summed E-state index contributed by atoms with van der Waals surface area (Å²) in [5, 5.41) is 2.92. The molecule has 0 bridgehead atoms. The van der Waals surface area contributed by atoms with Gasteiger partial charge in [0.1, 0.15) is 29.8 Å². The highest BCUT2D eigenvalue weighted by atomic mass is 35.5. The van der Waals surface area contributed by atoms with Crippen LogP contribution < -0.4 is 21.5 Å². The Morgan fingerprint density at radius 2 is 1.74 bits per heavy atom. The number of rotatable bonds is 6. The highest BCUT2D eigenvalue weighted by Crippen LogP contribution is 2.25. The molecule has 0 aliphatic rings. The molecule has 3 aromatic carbocycles. The normalized spacial score (nSPS) is 10.7. The van der Waals surface area contributed by atoms with Crippen LogP contribution >= 0.6 is 11.6 Å². The fourth-order valence-corrected chi connectivity index (χ4v) is 3.36. The van der Waals surface area contributed by atoms with E-state index in [4.69, 9.17) is 27.8 Å². The van der Waals surface area contributed by atoms with E-state index in [0.29, 0.717) is 33.9 Å². The van der Waals surface area contributed by atoms with Crippen molar-refractivity contribution in [3.8, 4) is 17.0 Å². The number of amides is 1. The van der Waals surface area contributed by atoms with Gasteiger partial charge in [-0.3, -0.25) is 4.79 Å². The van der Waals surface area contributed by atoms with E-state index in [1.165, 1.54) is 30.3 Å². The first-order valence-corrected chi connectivity index (χ1v) is 10.5. The molecule has 0 fully saturated rings. The monoisotopic (exact) mass is 480 g/mol. The minimum atomic E-state index is -0.680. The summed E-state index contributed by atoms with van der Waals surface area (Å²) in [5.74, 6) is -1.07. The largest absolute Gasteiger partial charge is 0.489 e. The number of nitrogens with one attached hydrogen (secondary N) is 1. The third kappa shape index (κ3) is 5.24. The van der Waals surface area contributed by atoms with Gasteiger partial charge in [-0.15, -0.1) is 0 Å². The average molecular weight is 481 g/mol. The predicted octanol–water partition coefficient (Wildman–Crippen LogP) is 5.68. The molecule has 0 atom stereocenters. The molecule has 6 nitrogen and oxygen atoms in total. The van der Waals surface area contributed by atoms with Crippen LogP contribution in [0.3, 0.4) is 0 Å². The molecule has 1 aromatic heterocycles. The number of carbonyl (C=O) groups excluding carboxylic acids is 1. The van der Waals surface area contributed by atoms with Gasteiger partial charge >= 0.3 is 0 Å². The number of hydrogen-bond donors (Lipinski definition) is 3. The molecule has 0 radical (unpaired) electrons. The van der Waals surface area contributed by atoms with Gasteiger partial charge in [0.05, 0.1) is 22.0 Å². The van der Waals surface area contributed by atoms with E-state index in [0.717, 1.165) is 0 Å². The maximum absolute atomic E-state index is 14.4. The molecule has 1 heterocycles. The Kier molecular flexibility index (Phi) is 6.60. The minimum Gasteiger partial charge on any atom is -0.489 e. The molecule has 0 unspecified atom stereocenters. The maximum Gasteiger partial charge on any atom is 0.258 e. The van der Waals surface area contributed by atoms with E-state index in [-0.39, 0.29) is 23.0 Å². The summed E-state index contributed by atoms with van der Waals surface area (Å²) in [6, 6.07) is 17.9. The Morgan fingerprint density at radius 1 is 0.971 bits per heavy atom. The lowest BCUT2D eigenvalue weighted by Crippen LogP contribution is -2.14. The van der Waals surface area contributed by atoms with Crippen LogP contribution in [0.25, 0.3) is 11.3 Å². The number of hydrogen-bond acceptors (Lipinski definition) is 5. The molecule has 172 valence electrons. The third-order valence-corrected chi connectivity index (χ3v) is 5.34. The molecule has 1 amide bonds. The zero-order valence-corrected chi connectivity index (χ0v) is 18.4. The quantitative estimate of drug-likeness (QED) is 0.329. The second kappa shape index (κ2) is 9.76. The molecular weight excluding hydrogens is 462 g/mol. The molecule has 0 aliphatic carbocycles. The average Bonchev–Trinajstić information content (AvgIpc) is 2.81. The molecule has 4 rings (SSSR count). The summed E-state index contributed by atoms with van der Waals surface area (Å²) in [6.45, 7) is 0.145. The molecule has 0 saturated carbocycles. The van der Waals surface area contributed by atoms with Crippen LogP contribution in [0.2, 0.25) is 5.02 Å². The minimum absolute atomic E-state index is 0.145. The number of anilines is 3. The standard InChI is InChI=1S/C25H19ClF2N4O2/c26-20-12-16(27)3-1-15(20)13-34-18-6-4-17(5-7-18)31-25(33)19-11-14(2-8-21(19)28)23-10-9-22(29)24(30)32-23/h1-12H,13,29H2,(H2,30,32)(H,31,33). The van der Waals surface area contributed by atoms with Crippen LogP contribution in [0.5, 0.6) is 5.75 Å². The van der Waals surface area contributed by atoms with Gasteiger partial charge < -0.3 is 21.5 Å². The number of halogens is 3. The van der Waals surface area contributed by atoms with Gasteiger partial charge in [-0.2, -0.15) is 0 Å². The summed E-state index contributed by atoms with van der Waals surface area (Å²) < 4.78 is 33.2. The number of benzene rings is 3. The van der Waals surface area contributed by atoms with Gasteiger partial charge in [-0.25, -0.2) is 13.8 Å². The summed E-state index contributed by atoms with van der Waals surface area (Å²) in [5.41, 5.74) is 13.7. The molecule has 0 spiro atoms. The Morgan fingerprint density at radius 3 is 2.44 bits per heavy atom. The summed E-state index contributed by atoms with van der Waals surface area (Å²) in [7, 11) is 0. The number of aromatic nitrogens is 1. The van der Waals surface area contributed by atoms with E-state index in [1.807, 2.05) is 0 Å². The van der Waals surface area contributed by atoms with E-state index in [2.05, 4.69) is 10.3 Å². The van der Waals surface area contributed by atoms with Crippen molar-refractivity contribution in [1.82, 2.24) is 4.98 Å². The number of nitrogen functional groups attached to an aromatic ring is 2. The van der Waals surface area contributed by atoms with Crippen LogP contribution in [-0.2, 0) is 6.61 Å². The van der Waals surface area contributed by atoms with Crippen molar-refractivity contribution in [2.24, 2.45) is 0 Å². The number of pyridine rings is 1. The first kappa shape index (κ1) is 23.0. The Balaban J connectivity index is 1.44. The summed E-state index contributed by atoms with van der Waals surface area (Å²) >= 11 is 6.00. The van der Waals surface area contributed by atoms with E-state index < -0.39 is 17.5 Å². The fraction of sp³-hybridized carbons (Fsp3) is 0.0400. The topological polar surface area (TPSA) is 103 Å². The van der Waals surface area contributed by atoms with Gasteiger partial charge in [0.25, 0.3) is 5.91 Å². The summed E-state index contributed by atoms with van der Waals surface area (Å²) in [6.07, 6.45) is 0. The number of ether oxygens (including phenoxy) is 1. The number of nitrogens with two attached hydrogens (primary N) is 2. The molecule has 34 heavy (non-hydrogen) atoms. The van der Waals surface area contributed by atoms with Crippen molar-refractivity contribution in [1.29, 1.82) is 0 Å². The van der Waals surface area contributed by atoms with Gasteiger partial charge in [0.2, 0.25) is 0 Å². The van der Waals surface area contributed by atoms with Crippen LogP contribution in [0, 0.1) is 11.6 Å². The highest BCUT2D eigenvalue weighted by molar-refractivity contribution is 6.31. The summed E-state index contributed by atoms with van der Waals surface area (Å²) in [4.78, 5) is 16.9. The van der Waals surface area contributed by atoms with Crippen molar-refractivity contribution in [2.75, 3.05) is 16.8 Å². The highest BCUT2D eigenvalue weighted by Gasteiger charge is 2.15. The van der Waals surface area contributed by atoms with Crippen LogP contribution in [0.1, 0.15) is 15.9 Å². The van der Waals surface area contributed by atoms with E-state index in [9.17, 15) is 13.6 Å². The van der Waals surface area contributed by atoms with Crippen LogP contribution in [0.15, 0.2) is 72.8 Å². The van der Waals surface area contributed by atoms with Crippen molar-refractivity contribution >= 4 is 34.7 Å². The molecular formula is C25H19ClF2N4O2.